The molecule has 0 aliphatic heterocycles. The summed E-state index contributed by atoms with van der Waals surface area (Å²) >= 11 is 1.90. The maximum absolute atomic E-state index is 4.44. The van der Waals surface area contributed by atoms with Gasteiger partial charge in [-0.25, -0.2) is 4.68 Å². The lowest BCUT2D eigenvalue weighted by molar-refractivity contribution is 0.501. The van der Waals surface area contributed by atoms with Crippen LogP contribution in [0.15, 0.2) is 42.7 Å². The normalized spacial score (nSPS) is 14.2. The number of nitrogens with zero attached hydrogens (tertiary/aromatic N) is 2. The largest absolute Gasteiger partial charge is 0.310 e. The summed E-state index contributed by atoms with van der Waals surface area (Å²) in [6.07, 6.45) is 6.21. The van der Waals surface area contributed by atoms with E-state index >= 15 is 0 Å². The third-order valence-electron chi connectivity index (χ3n) is 3.35. The van der Waals surface area contributed by atoms with E-state index < -0.39 is 0 Å². The van der Waals surface area contributed by atoms with Crippen molar-refractivity contribution in [3.63, 3.8) is 0 Å². The molecule has 0 spiro atoms. The van der Waals surface area contributed by atoms with E-state index in [2.05, 4.69) is 48.8 Å². The fraction of sp³-hybridized carbons (Fsp3) is 0.438. The molecule has 0 aliphatic rings. The zero-order chi connectivity index (χ0) is 14.4. The molecule has 0 bridgehead atoms. The fourth-order valence-electron chi connectivity index (χ4n) is 2.12. The molecule has 108 valence electrons. The Labute approximate surface area is 125 Å². The van der Waals surface area contributed by atoms with E-state index in [1.165, 1.54) is 11.3 Å². The first-order chi connectivity index (χ1) is 9.70. The summed E-state index contributed by atoms with van der Waals surface area (Å²) in [4.78, 5) is 0. The van der Waals surface area contributed by atoms with Crippen LogP contribution >= 0.6 is 11.8 Å². The Morgan fingerprint density at radius 2 is 2.00 bits per heavy atom. The van der Waals surface area contributed by atoms with Gasteiger partial charge in [-0.1, -0.05) is 25.1 Å². The van der Waals surface area contributed by atoms with Gasteiger partial charge in [-0.3, -0.25) is 0 Å². The second-order valence-electron chi connectivity index (χ2n) is 5.24. The number of para-hydroxylation sites is 1. The minimum absolute atomic E-state index is 0.330. The van der Waals surface area contributed by atoms with Crippen molar-refractivity contribution in [3.05, 3.63) is 48.3 Å². The highest BCUT2D eigenvalue weighted by Crippen LogP contribution is 2.15. The average molecular weight is 289 g/mol. The van der Waals surface area contributed by atoms with Crippen LogP contribution in [0.1, 0.15) is 25.5 Å². The van der Waals surface area contributed by atoms with Crippen molar-refractivity contribution in [1.29, 1.82) is 0 Å². The lowest BCUT2D eigenvalue weighted by Gasteiger charge is -2.16. The van der Waals surface area contributed by atoms with Crippen molar-refractivity contribution in [2.45, 2.75) is 19.9 Å². The zero-order valence-electron chi connectivity index (χ0n) is 12.4. The molecule has 2 atom stereocenters. The Morgan fingerprint density at radius 3 is 2.70 bits per heavy atom. The van der Waals surface area contributed by atoms with Crippen LogP contribution in [0.25, 0.3) is 5.69 Å². The van der Waals surface area contributed by atoms with E-state index in [0.717, 1.165) is 12.2 Å². The molecular formula is C16H23N3S. The predicted octanol–water partition coefficient (Wildman–Crippen LogP) is 3.52. The molecule has 0 aliphatic carbocycles. The van der Waals surface area contributed by atoms with Gasteiger partial charge in [0.1, 0.15) is 0 Å². The van der Waals surface area contributed by atoms with Gasteiger partial charge in [0, 0.05) is 17.8 Å². The van der Waals surface area contributed by atoms with Gasteiger partial charge in [0.05, 0.1) is 11.9 Å². The van der Waals surface area contributed by atoms with Crippen molar-refractivity contribution < 1.29 is 0 Å². The summed E-state index contributed by atoms with van der Waals surface area (Å²) in [5.74, 6) is 1.89. The fourth-order valence-corrected chi connectivity index (χ4v) is 2.81. The molecule has 0 radical (unpaired) electrons. The molecule has 2 rings (SSSR count). The highest BCUT2D eigenvalue weighted by atomic mass is 32.2. The molecule has 1 aromatic heterocycles. The molecule has 4 heteroatoms. The third kappa shape index (κ3) is 4.12. The number of rotatable bonds is 7. The zero-order valence-corrected chi connectivity index (χ0v) is 13.2. The summed E-state index contributed by atoms with van der Waals surface area (Å²) in [6, 6.07) is 10.5. The van der Waals surface area contributed by atoms with Gasteiger partial charge in [0.15, 0.2) is 0 Å². The van der Waals surface area contributed by atoms with Crippen LogP contribution in [0.5, 0.6) is 0 Å². The summed E-state index contributed by atoms with van der Waals surface area (Å²) < 4.78 is 1.93. The molecule has 3 nitrogen and oxygen atoms in total. The van der Waals surface area contributed by atoms with Crippen molar-refractivity contribution in [2.24, 2.45) is 5.92 Å². The van der Waals surface area contributed by atoms with E-state index in [4.69, 9.17) is 0 Å². The first-order valence-corrected chi connectivity index (χ1v) is 8.42. The molecule has 1 heterocycles. The van der Waals surface area contributed by atoms with E-state index in [9.17, 15) is 0 Å². The average Bonchev–Trinajstić information content (AvgIpc) is 2.96. The molecule has 0 amide bonds. The van der Waals surface area contributed by atoms with Crippen molar-refractivity contribution in [2.75, 3.05) is 18.6 Å². The number of nitrogens with one attached hydrogen (secondary N) is 1. The number of hydrogen-bond donors (Lipinski definition) is 1. The number of benzene rings is 1. The van der Waals surface area contributed by atoms with Crippen LogP contribution in [0.3, 0.4) is 0 Å². The van der Waals surface area contributed by atoms with Gasteiger partial charge in [-0.15, -0.1) is 0 Å². The monoisotopic (exact) mass is 289 g/mol. The molecule has 1 aromatic carbocycles. The van der Waals surface area contributed by atoms with Crippen LogP contribution in [0, 0.1) is 5.92 Å². The molecule has 0 saturated heterocycles. The summed E-state index contributed by atoms with van der Waals surface area (Å²) in [5.41, 5.74) is 2.33. The van der Waals surface area contributed by atoms with Crippen LogP contribution in [0.2, 0.25) is 0 Å². The van der Waals surface area contributed by atoms with Crippen LogP contribution in [0.4, 0.5) is 0 Å². The van der Waals surface area contributed by atoms with E-state index in [0.29, 0.717) is 12.0 Å². The van der Waals surface area contributed by atoms with Gasteiger partial charge in [0.25, 0.3) is 0 Å². The number of aromatic nitrogens is 2. The Balaban J connectivity index is 1.95. The van der Waals surface area contributed by atoms with Gasteiger partial charge in [0.2, 0.25) is 0 Å². The SMILES string of the molecule is CSCC(C)CNC(C)c1cnn(-c2ccccc2)c1. The van der Waals surface area contributed by atoms with E-state index in [1.807, 2.05) is 40.8 Å². The molecule has 0 fully saturated rings. The summed E-state index contributed by atoms with van der Waals surface area (Å²) in [7, 11) is 0. The smallest absolute Gasteiger partial charge is 0.0645 e. The second-order valence-corrected chi connectivity index (χ2v) is 6.15. The lowest BCUT2D eigenvalue weighted by atomic mass is 10.1. The Hall–Kier alpha value is -1.26. The van der Waals surface area contributed by atoms with E-state index in [-0.39, 0.29) is 0 Å². The van der Waals surface area contributed by atoms with Crippen LogP contribution in [-0.2, 0) is 0 Å². The summed E-state index contributed by atoms with van der Waals surface area (Å²) in [6.45, 7) is 5.51. The maximum Gasteiger partial charge on any atom is 0.0645 e. The molecule has 2 unspecified atom stereocenters. The first kappa shape index (κ1) is 15.1. The topological polar surface area (TPSA) is 29.9 Å². The highest BCUT2D eigenvalue weighted by Gasteiger charge is 2.10. The number of hydrogen-bond acceptors (Lipinski definition) is 3. The van der Waals surface area contributed by atoms with Gasteiger partial charge >= 0.3 is 0 Å². The maximum atomic E-state index is 4.44. The molecule has 20 heavy (non-hydrogen) atoms. The Kier molecular flexibility index (Phi) is 5.68. The lowest BCUT2D eigenvalue weighted by Crippen LogP contribution is -2.25. The quantitative estimate of drug-likeness (QED) is 0.846. The minimum Gasteiger partial charge on any atom is -0.310 e. The molecular weight excluding hydrogens is 266 g/mol. The van der Waals surface area contributed by atoms with Gasteiger partial charge in [-0.2, -0.15) is 16.9 Å². The predicted molar refractivity (Wildman–Crippen MR) is 87.5 cm³/mol. The standard InChI is InChI=1S/C16H23N3S/c1-13(12-20-3)9-17-14(2)15-10-18-19(11-15)16-7-5-4-6-8-16/h4-8,10-11,13-14,17H,9,12H2,1-3H3. The highest BCUT2D eigenvalue weighted by molar-refractivity contribution is 7.98. The van der Waals surface area contributed by atoms with Gasteiger partial charge in [-0.05, 0) is 43.5 Å². The number of thioether (sulfide) groups is 1. The third-order valence-corrected chi connectivity index (χ3v) is 4.25. The van der Waals surface area contributed by atoms with Crippen LogP contribution in [-0.4, -0.2) is 28.3 Å². The van der Waals surface area contributed by atoms with Crippen molar-refractivity contribution >= 4 is 11.8 Å². The second kappa shape index (κ2) is 7.50. The molecule has 0 saturated carbocycles. The Bertz CT molecular complexity index is 509. The minimum atomic E-state index is 0.330. The first-order valence-electron chi connectivity index (χ1n) is 7.03. The summed E-state index contributed by atoms with van der Waals surface area (Å²) in [5, 5.41) is 8.03. The molecule has 2 aromatic rings. The van der Waals surface area contributed by atoms with Gasteiger partial charge < -0.3 is 5.32 Å². The van der Waals surface area contributed by atoms with E-state index in [1.54, 1.807) is 0 Å². The Morgan fingerprint density at radius 1 is 1.25 bits per heavy atom. The van der Waals surface area contributed by atoms with Crippen molar-refractivity contribution in [1.82, 2.24) is 15.1 Å². The molecule has 1 N–H and O–H groups in total. The van der Waals surface area contributed by atoms with Crippen molar-refractivity contribution in [3.8, 4) is 5.69 Å². The van der Waals surface area contributed by atoms with Crippen LogP contribution < -0.4 is 5.32 Å².